The number of H-pyrrole nitrogens is 1. The van der Waals surface area contributed by atoms with E-state index < -0.39 is 15.9 Å². The molecule has 2 aromatic carbocycles. The minimum absolute atomic E-state index is 0.152. The summed E-state index contributed by atoms with van der Waals surface area (Å²) in [5.41, 5.74) is 4.14. The number of aromatic nitrogens is 2. The molecule has 4 rings (SSSR count). The van der Waals surface area contributed by atoms with Gasteiger partial charge in [0, 0.05) is 21.8 Å². The van der Waals surface area contributed by atoms with Gasteiger partial charge in [0.2, 0.25) is 10.0 Å². The number of allylic oxidation sites excluding steroid dienone is 3. The van der Waals surface area contributed by atoms with Crippen molar-refractivity contribution in [2.75, 3.05) is 4.72 Å². The highest BCUT2D eigenvalue weighted by Crippen LogP contribution is 2.39. The van der Waals surface area contributed by atoms with Crippen molar-refractivity contribution in [2.24, 2.45) is 0 Å². The van der Waals surface area contributed by atoms with Crippen LogP contribution in [-0.4, -0.2) is 18.6 Å². The average molecular weight is 479 g/mol. The van der Waals surface area contributed by atoms with E-state index in [1.165, 1.54) is 0 Å². The van der Waals surface area contributed by atoms with E-state index in [-0.39, 0.29) is 11.6 Å². The summed E-state index contributed by atoms with van der Waals surface area (Å²) < 4.78 is 28.1. The van der Waals surface area contributed by atoms with Crippen LogP contribution in [0.15, 0.2) is 65.1 Å². The summed E-state index contributed by atoms with van der Waals surface area (Å²) in [6.07, 6.45) is 0. The second kappa shape index (κ2) is 8.62. The molecule has 8 nitrogen and oxygen atoms in total. The molecule has 0 amide bonds. The van der Waals surface area contributed by atoms with Crippen LogP contribution in [0, 0.1) is 17.9 Å². The van der Waals surface area contributed by atoms with Crippen molar-refractivity contribution in [3.05, 3.63) is 92.7 Å². The Labute approximate surface area is 196 Å². The molecule has 0 fully saturated rings. The molecule has 1 atom stereocenters. The molecule has 1 unspecified atom stereocenters. The SMILES string of the molecule is [C-]#[N+]C1=C(C)NC(C)=C(C#N)C1c1ccc2[nH]nc(NS(=O)(=O)Cc3ccc(Cl)cc3)c2c1. The van der Waals surface area contributed by atoms with Gasteiger partial charge in [0.25, 0.3) is 0 Å². The summed E-state index contributed by atoms with van der Waals surface area (Å²) in [6.45, 7) is 11.2. The van der Waals surface area contributed by atoms with Gasteiger partial charge in [-0.3, -0.25) is 9.82 Å². The zero-order chi connectivity index (χ0) is 23.8. The molecular weight excluding hydrogens is 460 g/mol. The molecule has 0 spiro atoms. The molecule has 0 radical (unpaired) electrons. The van der Waals surface area contributed by atoms with Crippen LogP contribution in [0.3, 0.4) is 0 Å². The normalized spacial score (nSPS) is 16.3. The van der Waals surface area contributed by atoms with Crippen LogP contribution in [0.2, 0.25) is 5.02 Å². The lowest BCUT2D eigenvalue weighted by atomic mass is 9.84. The number of hydrogen-bond acceptors (Lipinski definition) is 5. The minimum Gasteiger partial charge on any atom is -0.372 e. The van der Waals surface area contributed by atoms with E-state index in [4.69, 9.17) is 18.2 Å². The molecule has 1 aromatic heterocycles. The Hall–Kier alpha value is -3.79. The van der Waals surface area contributed by atoms with Crippen LogP contribution >= 0.6 is 11.6 Å². The van der Waals surface area contributed by atoms with Gasteiger partial charge in [0.05, 0.1) is 35.4 Å². The van der Waals surface area contributed by atoms with Crippen molar-refractivity contribution in [3.8, 4) is 6.07 Å². The van der Waals surface area contributed by atoms with E-state index in [0.717, 1.165) is 0 Å². The second-order valence-corrected chi connectivity index (χ2v) is 9.85. The lowest BCUT2D eigenvalue weighted by Gasteiger charge is -2.26. The maximum absolute atomic E-state index is 12.8. The van der Waals surface area contributed by atoms with Crippen LogP contribution in [-0.2, 0) is 15.8 Å². The zero-order valence-corrected chi connectivity index (χ0v) is 19.3. The summed E-state index contributed by atoms with van der Waals surface area (Å²) >= 11 is 5.87. The molecule has 33 heavy (non-hydrogen) atoms. The van der Waals surface area contributed by atoms with Crippen LogP contribution in [0.4, 0.5) is 5.82 Å². The lowest BCUT2D eigenvalue weighted by Crippen LogP contribution is -2.22. The molecule has 166 valence electrons. The quantitative estimate of drug-likeness (QED) is 0.456. The van der Waals surface area contributed by atoms with E-state index in [9.17, 15) is 13.7 Å². The summed E-state index contributed by atoms with van der Waals surface area (Å²) in [4.78, 5) is 3.66. The van der Waals surface area contributed by atoms with E-state index >= 15 is 0 Å². The summed E-state index contributed by atoms with van der Waals surface area (Å²) in [7, 11) is -3.75. The topological polar surface area (TPSA) is 115 Å². The maximum Gasteiger partial charge on any atom is 0.238 e. The predicted octanol–water partition coefficient (Wildman–Crippen LogP) is 4.79. The molecule has 3 aromatic rings. The van der Waals surface area contributed by atoms with Gasteiger partial charge in [-0.25, -0.2) is 13.3 Å². The first-order valence-electron chi connectivity index (χ1n) is 9.91. The molecule has 0 bridgehead atoms. The van der Waals surface area contributed by atoms with Crippen molar-refractivity contribution in [2.45, 2.75) is 25.5 Å². The van der Waals surface area contributed by atoms with Gasteiger partial charge < -0.3 is 5.32 Å². The van der Waals surface area contributed by atoms with Crippen molar-refractivity contribution in [1.82, 2.24) is 15.5 Å². The van der Waals surface area contributed by atoms with Crippen molar-refractivity contribution >= 4 is 38.3 Å². The molecule has 3 N–H and O–H groups in total. The average Bonchev–Trinajstić information content (AvgIpc) is 3.16. The van der Waals surface area contributed by atoms with E-state index in [1.807, 2.05) is 6.07 Å². The number of benzene rings is 2. The Morgan fingerprint density at radius 3 is 2.61 bits per heavy atom. The third-order valence-electron chi connectivity index (χ3n) is 5.41. The molecule has 10 heteroatoms. The fraction of sp³-hybridized carbons (Fsp3) is 0.174. The molecule has 1 aliphatic heterocycles. The minimum atomic E-state index is -3.75. The van der Waals surface area contributed by atoms with Gasteiger partial charge in [0.1, 0.15) is 0 Å². The van der Waals surface area contributed by atoms with Gasteiger partial charge in [-0.15, -0.1) is 0 Å². The monoisotopic (exact) mass is 478 g/mol. The number of nitrogens with zero attached hydrogens (tertiary/aromatic N) is 3. The fourth-order valence-electron chi connectivity index (χ4n) is 3.88. The Morgan fingerprint density at radius 1 is 1.21 bits per heavy atom. The number of rotatable bonds is 5. The van der Waals surface area contributed by atoms with Crippen molar-refractivity contribution < 1.29 is 8.42 Å². The number of hydrogen-bond donors (Lipinski definition) is 3. The Bertz CT molecular complexity index is 1470. The van der Waals surface area contributed by atoms with E-state index in [1.54, 1.807) is 50.2 Å². The van der Waals surface area contributed by atoms with Crippen LogP contribution in [0.1, 0.15) is 30.9 Å². The van der Waals surface area contributed by atoms with Gasteiger partial charge >= 0.3 is 0 Å². The highest BCUT2D eigenvalue weighted by atomic mass is 35.5. The number of fused-ring (bicyclic) bond motifs is 1. The molecule has 0 aliphatic carbocycles. The first kappa shape index (κ1) is 22.4. The number of sulfonamides is 1. The molecule has 0 saturated carbocycles. The number of dihydropyridines is 1. The first-order valence-corrected chi connectivity index (χ1v) is 11.9. The summed E-state index contributed by atoms with van der Waals surface area (Å²) in [5, 5.41) is 20.9. The van der Waals surface area contributed by atoms with Gasteiger partial charge in [0.15, 0.2) is 11.5 Å². The Morgan fingerprint density at radius 2 is 1.94 bits per heavy atom. The smallest absolute Gasteiger partial charge is 0.238 e. The third kappa shape index (κ3) is 4.42. The van der Waals surface area contributed by atoms with E-state index in [0.29, 0.717) is 49.7 Å². The fourth-order valence-corrected chi connectivity index (χ4v) is 5.16. The van der Waals surface area contributed by atoms with Gasteiger partial charge in [-0.05, 0) is 49.2 Å². The van der Waals surface area contributed by atoms with Gasteiger partial charge in [-0.2, -0.15) is 10.4 Å². The Balaban J connectivity index is 1.72. The lowest BCUT2D eigenvalue weighted by molar-refractivity contribution is 0.600. The highest BCUT2D eigenvalue weighted by molar-refractivity contribution is 7.91. The highest BCUT2D eigenvalue weighted by Gasteiger charge is 2.30. The molecular formula is C23H19ClN6O2S. The first-order chi connectivity index (χ1) is 15.7. The number of anilines is 1. The van der Waals surface area contributed by atoms with Gasteiger partial charge in [-0.1, -0.05) is 29.8 Å². The molecule has 1 aliphatic rings. The Kier molecular flexibility index (Phi) is 5.86. The zero-order valence-electron chi connectivity index (χ0n) is 17.8. The van der Waals surface area contributed by atoms with Crippen molar-refractivity contribution in [3.63, 3.8) is 0 Å². The van der Waals surface area contributed by atoms with Crippen LogP contribution in [0.5, 0.6) is 0 Å². The number of aromatic amines is 1. The summed E-state index contributed by atoms with van der Waals surface area (Å²) in [5.74, 6) is -0.637. The molecule has 0 saturated heterocycles. The summed E-state index contributed by atoms with van der Waals surface area (Å²) in [6, 6.07) is 14.1. The maximum atomic E-state index is 12.8. The number of halogens is 1. The second-order valence-electron chi connectivity index (χ2n) is 7.70. The standard InChI is InChI=1S/C23H19ClN6O2S/c1-13-19(11-25)21(22(26-3)14(2)27-13)16-6-9-20-18(10-16)23(29-28-20)30-33(31,32)12-15-4-7-17(24)8-5-15/h4-10,21,27H,12H2,1-2H3,(H2,28,29,30). The number of nitriles is 1. The number of nitrogens with one attached hydrogen (secondary N) is 3. The molecule has 2 heterocycles. The van der Waals surface area contributed by atoms with Crippen molar-refractivity contribution in [1.29, 1.82) is 5.26 Å². The predicted molar refractivity (Wildman–Crippen MR) is 127 cm³/mol. The third-order valence-corrected chi connectivity index (χ3v) is 6.88. The van der Waals surface area contributed by atoms with E-state index in [2.05, 4.69) is 31.2 Å². The largest absolute Gasteiger partial charge is 0.372 e. The van der Waals surface area contributed by atoms with Crippen LogP contribution in [0.25, 0.3) is 15.7 Å². The van der Waals surface area contributed by atoms with Crippen LogP contribution < -0.4 is 10.0 Å².